The summed E-state index contributed by atoms with van der Waals surface area (Å²) in [5, 5.41) is 25.7. The molecule has 0 aliphatic heterocycles. The Hall–Kier alpha value is -7.74. The lowest BCUT2D eigenvalue weighted by molar-refractivity contribution is -0.155. The van der Waals surface area contributed by atoms with Crippen molar-refractivity contribution in [3.05, 3.63) is 293 Å². The molecule has 480 valence electrons. The fourth-order valence-corrected chi connectivity index (χ4v) is 7.05. The van der Waals surface area contributed by atoms with Crippen LogP contribution in [0.3, 0.4) is 0 Å². The molecule has 13 nitrogen and oxygen atoms in total. The van der Waals surface area contributed by atoms with Gasteiger partial charge in [0.15, 0.2) is 5.78 Å². The number of ether oxygens (including phenoxy) is 6. The fourth-order valence-electron chi connectivity index (χ4n) is 6.87. The molecule has 0 atom stereocenters. The highest BCUT2D eigenvalue weighted by Crippen LogP contribution is 2.19. The van der Waals surface area contributed by atoms with Gasteiger partial charge in [-0.2, -0.15) is 0 Å². The van der Waals surface area contributed by atoms with Gasteiger partial charge in [-0.15, -0.1) is 11.6 Å². The molecule has 0 amide bonds. The van der Waals surface area contributed by atoms with E-state index in [2.05, 4.69) is 37.3 Å². The van der Waals surface area contributed by atoms with Gasteiger partial charge < -0.3 is 43.7 Å². The highest BCUT2D eigenvalue weighted by molar-refractivity contribution is 9.09. The summed E-state index contributed by atoms with van der Waals surface area (Å²) in [5.74, 6) is 3.85. The van der Waals surface area contributed by atoms with Crippen LogP contribution in [0.1, 0.15) is 68.0 Å². The molecule has 3 N–H and O–H groups in total. The Bertz CT molecular complexity index is 3130. The van der Waals surface area contributed by atoms with Crippen molar-refractivity contribution in [2.45, 2.75) is 58.5 Å². The maximum Gasteiger partial charge on any atom is 0.217 e. The van der Waals surface area contributed by atoms with Crippen molar-refractivity contribution in [1.82, 2.24) is 0 Å². The second-order valence-corrected chi connectivity index (χ2v) is 21.5. The van der Waals surface area contributed by atoms with Gasteiger partial charge in [0.2, 0.25) is 15.5 Å². The van der Waals surface area contributed by atoms with E-state index < -0.39 is 22.7 Å². The van der Waals surface area contributed by atoms with E-state index in [-0.39, 0.29) is 24.6 Å². The van der Waals surface area contributed by atoms with Crippen molar-refractivity contribution in [3.63, 3.8) is 0 Å². The van der Waals surface area contributed by atoms with Gasteiger partial charge in [0.25, 0.3) is 0 Å². The van der Waals surface area contributed by atoms with Gasteiger partial charge in [-0.1, -0.05) is 181 Å². The van der Waals surface area contributed by atoms with Crippen molar-refractivity contribution in [2.24, 2.45) is 0 Å². The van der Waals surface area contributed by atoms with Crippen molar-refractivity contribution in [1.29, 1.82) is 0 Å². The fraction of sp³-hybridized carbons (Fsp3) is 0.197. The van der Waals surface area contributed by atoms with Gasteiger partial charge >= 0.3 is 0 Å². The van der Waals surface area contributed by atoms with Crippen LogP contribution in [0.15, 0.2) is 243 Å². The number of hydrogen-bond acceptors (Lipinski definition) is 13. The van der Waals surface area contributed by atoms with Crippen LogP contribution in [0.4, 0.5) is 4.39 Å². The molecule has 0 saturated heterocycles. The van der Waals surface area contributed by atoms with Crippen molar-refractivity contribution >= 4 is 76.5 Å². The Balaban J connectivity index is 0.000000552. The second kappa shape index (κ2) is 53.1. The number of benzene rings is 9. The van der Waals surface area contributed by atoms with Crippen molar-refractivity contribution < 1.29 is 68.1 Å². The molecule has 0 unspecified atom stereocenters. The summed E-state index contributed by atoms with van der Waals surface area (Å²) in [6.45, 7) is 4.34. The highest BCUT2D eigenvalue weighted by atomic mass is 79.9. The average molecular weight is 1380 g/mol. The largest absolute Gasteiger partial charge is 0.508 e. The molecule has 0 aromatic heterocycles. The van der Waals surface area contributed by atoms with Gasteiger partial charge in [-0.3, -0.25) is 18.8 Å². The minimum absolute atomic E-state index is 0.0684. The van der Waals surface area contributed by atoms with Gasteiger partial charge in [0.1, 0.15) is 67.7 Å². The molecule has 0 heterocycles. The van der Waals surface area contributed by atoms with E-state index in [1.807, 2.05) is 201 Å². The Kier molecular flexibility index (Phi) is 46.3. The van der Waals surface area contributed by atoms with E-state index in [1.54, 1.807) is 36.4 Å². The quantitative estimate of drug-likeness (QED) is 0.0267. The van der Waals surface area contributed by atoms with Gasteiger partial charge in [0, 0.05) is 71.5 Å². The number of methoxy groups -OCH3 is 2. The molecule has 90 heavy (non-hydrogen) atoms. The summed E-state index contributed by atoms with van der Waals surface area (Å²) in [6, 6.07) is 76.0. The zero-order chi connectivity index (χ0) is 67.1. The van der Waals surface area contributed by atoms with Crippen LogP contribution in [-0.4, -0.2) is 78.0 Å². The molecular formula is C71H77BrCl3FO13S. The van der Waals surface area contributed by atoms with Crippen LogP contribution < -0.4 is 18.9 Å². The van der Waals surface area contributed by atoms with E-state index >= 15 is 0 Å². The summed E-state index contributed by atoms with van der Waals surface area (Å²) in [4.78, 5) is 32.4. The molecule has 0 aliphatic rings. The molecule has 19 heteroatoms. The first-order chi connectivity index (χ1) is 44.3. The van der Waals surface area contributed by atoms with Crippen LogP contribution in [0, 0.1) is 0 Å². The number of aliphatic hydroxyl groups excluding tert-OH is 2. The molecular weight excluding hydrogens is 1300 g/mol. The number of aldehydes is 2. The number of aliphatic hydroxyl groups is 2. The van der Waals surface area contributed by atoms with Crippen LogP contribution in [0.25, 0.3) is 0 Å². The zero-order valence-electron chi connectivity index (χ0n) is 51.4. The van der Waals surface area contributed by atoms with Crippen LogP contribution in [0.2, 0.25) is 0 Å². The number of hydrogen-bond donors (Lipinski definition) is 3. The standard InChI is InChI=1S/C18H20O4.C14H13ClO.C14H14O2.C14H12O2.C7H6O2.C2H5Br.CH3F.CH4O.Cl2OS/c1-20-18(21-2)17(19)12-14-8-10-16(11-9-14)22-13-15-6-4-3-5-7-15;3*15-10-12-6-8-14(9-7-12)16-11-13-4-2-1-3-5-13;8-5-6-1-3-7(9)4-2-6;1-2-3;2*1-2;1-4(2)3/h3-11,18H,12-13H2,1-2H3;1-9H,10-11H2;1-9,15H,10-11H2;1-10H,11H2;1-5,9H;2H2,1H3;1H3;2H,1H3;/i;;;;;;1D;;. The summed E-state index contributed by atoms with van der Waals surface area (Å²) in [6.07, 6.45) is 1.01. The van der Waals surface area contributed by atoms with Gasteiger partial charge in [0.05, 0.1) is 15.1 Å². The van der Waals surface area contributed by atoms with Crippen LogP contribution in [0.5, 0.6) is 28.7 Å². The van der Waals surface area contributed by atoms with Gasteiger partial charge in [-0.25, -0.2) is 4.21 Å². The molecule has 0 fully saturated rings. The number of alkyl halides is 3. The Labute approximate surface area is 554 Å². The number of carbonyl (C=O) groups is 3. The minimum atomic E-state index is -1.67. The molecule has 0 bridgehead atoms. The topological polar surface area (TPSA) is 184 Å². The number of Topliss-reactive ketones (excluding diaryl/α,β-unsaturated/α-hetero) is 1. The lowest BCUT2D eigenvalue weighted by atomic mass is 10.1. The number of halogens is 5. The third-order valence-electron chi connectivity index (χ3n) is 11.2. The van der Waals surface area contributed by atoms with E-state index in [0.717, 1.165) is 81.4 Å². The zero-order valence-corrected chi connectivity index (χ0v) is 55.1. The first-order valence-corrected chi connectivity index (χ1v) is 31.8. The second-order valence-electron chi connectivity index (χ2n) is 17.6. The van der Waals surface area contributed by atoms with E-state index in [9.17, 15) is 18.8 Å². The van der Waals surface area contributed by atoms with Gasteiger partial charge in [-0.05, 0) is 124 Å². The lowest BCUT2D eigenvalue weighted by Crippen LogP contribution is -2.26. The summed E-state index contributed by atoms with van der Waals surface area (Å²) >= 11 is 8.86. The van der Waals surface area contributed by atoms with E-state index in [0.29, 0.717) is 43.4 Å². The number of rotatable bonds is 21. The van der Waals surface area contributed by atoms with Crippen LogP contribution >= 0.6 is 48.9 Å². The first kappa shape index (κ1) is 78.4. The highest BCUT2D eigenvalue weighted by Gasteiger charge is 2.17. The predicted molar refractivity (Wildman–Crippen MR) is 364 cm³/mol. The molecule has 0 spiro atoms. The lowest BCUT2D eigenvalue weighted by Gasteiger charge is -2.12. The molecule has 9 aromatic carbocycles. The maximum absolute atomic E-state index is 11.9. The van der Waals surface area contributed by atoms with Crippen molar-refractivity contribution in [3.8, 4) is 28.7 Å². The SMILES string of the molecule is CCBr.CO.COC(OC)C(=O)Cc1ccc(OCc2ccccc2)cc1.ClCc1ccc(OCc2ccccc2)cc1.O=Cc1ccc(O)cc1.O=Cc1ccc(OCc2ccccc2)cc1.O=S(Cl)Cl.OCc1ccc(OCc2ccccc2)cc1.[2H]CF. The van der Waals surface area contributed by atoms with Crippen molar-refractivity contribution in [2.75, 3.05) is 33.8 Å². The van der Waals surface area contributed by atoms with Crippen LogP contribution in [-0.2, 0) is 68.8 Å². The minimum Gasteiger partial charge on any atom is -0.508 e. The first-order valence-electron chi connectivity index (χ1n) is 28.1. The number of carbonyl (C=O) groups excluding carboxylic acids is 3. The Morgan fingerprint density at radius 2 is 0.767 bits per heavy atom. The molecule has 0 radical (unpaired) electrons. The number of phenolic OH excluding ortho intramolecular Hbond substituents is 1. The van der Waals surface area contributed by atoms with E-state index in [1.165, 1.54) is 31.9 Å². The smallest absolute Gasteiger partial charge is 0.217 e. The van der Waals surface area contributed by atoms with E-state index in [4.69, 9.17) is 60.9 Å². The number of ketones is 1. The third kappa shape index (κ3) is 38.6. The molecule has 0 aliphatic carbocycles. The summed E-state index contributed by atoms with van der Waals surface area (Å²) < 4.78 is 57.0. The third-order valence-corrected chi connectivity index (χ3v) is 11.5. The monoisotopic (exact) mass is 1370 g/mol. The summed E-state index contributed by atoms with van der Waals surface area (Å²) in [5.41, 5.74) is 8.70. The average Bonchev–Trinajstić information content (AvgIpc) is 3.65. The Morgan fingerprint density at radius 3 is 1.02 bits per heavy atom. The maximum atomic E-state index is 11.9. The summed E-state index contributed by atoms with van der Waals surface area (Å²) in [7, 11) is 10.3. The predicted octanol–water partition coefficient (Wildman–Crippen LogP) is 16.7. The normalized spacial score (nSPS) is 9.68. The Morgan fingerprint density at radius 1 is 0.511 bits per heavy atom. The number of phenols is 1. The molecule has 9 rings (SSSR count). The molecule has 9 aromatic rings. The molecule has 0 saturated carbocycles. The number of aromatic hydroxyl groups is 1.